The summed E-state index contributed by atoms with van der Waals surface area (Å²) in [6.07, 6.45) is 5.16. The van der Waals surface area contributed by atoms with E-state index in [9.17, 15) is 5.26 Å². The van der Waals surface area contributed by atoms with E-state index in [0.717, 1.165) is 15.8 Å². The van der Waals surface area contributed by atoms with Crippen molar-refractivity contribution in [3.8, 4) is 40.5 Å². The summed E-state index contributed by atoms with van der Waals surface area (Å²) in [5.41, 5.74) is 1.56. The zero-order valence-electron chi connectivity index (χ0n) is 16.3. The number of imidazole rings is 1. The number of fused-ring (bicyclic) bond motifs is 1. The lowest BCUT2D eigenvalue weighted by Crippen LogP contribution is -2.01. The fraction of sp³-hybridized carbons (Fsp3) is 0.200. The first-order valence-electron chi connectivity index (χ1n) is 8.61. The summed E-state index contributed by atoms with van der Waals surface area (Å²) in [6.45, 7) is 1.90. The van der Waals surface area contributed by atoms with Crippen LogP contribution in [0.5, 0.6) is 17.2 Å². The Morgan fingerprint density at radius 1 is 1.07 bits per heavy atom. The number of benzene rings is 1. The Labute approximate surface area is 171 Å². The summed E-state index contributed by atoms with van der Waals surface area (Å²) >= 11 is 1.34. The molecular weight excluding hydrogens is 390 g/mol. The predicted octanol–water partition coefficient (Wildman–Crippen LogP) is 3.75. The van der Waals surface area contributed by atoms with Crippen LogP contribution in [0.4, 0.5) is 0 Å². The van der Waals surface area contributed by atoms with Crippen LogP contribution in [-0.2, 0) is 0 Å². The van der Waals surface area contributed by atoms with Gasteiger partial charge in [0, 0.05) is 18.0 Å². The Morgan fingerprint density at radius 2 is 1.79 bits per heavy atom. The number of thiophene rings is 1. The molecule has 4 aromatic rings. The predicted molar refractivity (Wildman–Crippen MR) is 109 cm³/mol. The maximum Gasteiger partial charge on any atom is 0.203 e. The van der Waals surface area contributed by atoms with E-state index in [2.05, 4.69) is 11.1 Å². The first-order valence-corrected chi connectivity index (χ1v) is 9.42. The molecule has 0 fully saturated rings. The van der Waals surface area contributed by atoms with Gasteiger partial charge in [-0.3, -0.25) is 4.57 Å². The number of aryl methyl sites for hydroxylation is 1. The van der Waals surface area contributed by atoms with Gasteiger partial charge in [0.1, 0.15) is 22.1 Å². The van der Waals surface area contributed by atoms with Gasteiger partial charge < -0.3 is 14.2 Å². The van der Waals surface area contributed by atoms with Gasteiger partial charge in [-0.1, -0.05) is 0 Å². The largest absolute Gasteiger partial charge is 0.493 e. The third kappa shape index (κ3) is 3.03. The van der Waals surface area contributed by atoms with E-state index in [0.29, 0.717) is 39.3 Å². The first-order chi connectivity index (χ1) is 14.1. The van der Waals surface area contributed by atoms with Crippen LogP contribution in [0.3, 0.4) is 0 Å². The van der Waals surface area contributed by atoms with Crippen LogP contribution in [0.1, 0.15) is 10.4 Å². The van der Waals surface area contributed by atoms with Crippen LogP contribution in [-0.4, -0.2) is 40.8 Å². The number of ether oxygens (including phenoxy) is 3. The second kappa shape index (κ2) is 7.41. The molecule has 3 aromatic heterocycles. The molecule has 0 bridgehead atoms. The number of methoxy groups -OCH3 is 3. The molecule has 0 atom stereocenters. The van der Waals surface area contributed by atoms with Crippen molar-refractivity contribution < 1.29 is 14.2 Å². The highest BCUT2D eigenvalue weighted by Crippen LogP contribution is 2.41. The molecule has 0 spiro atoms. The maximum absolute atomic E-state index is 9.47. The SMILES string of the molecule is COc1cc(-c2nc(-n3ccnc3)c3c(C)c(C#N)sc3n2)cc(OC)c1OC. The molecule has 3 heterocycles. The van der Waals surface area contributed by atoms with Gasteiger partial charge in [0.05, 0.1) is 26.7 Å². The Bertz CT molecular complexity index is 1220. The van der Waals surface area contributed by atoms with Crippen LogP contribution in [0.2, 0.25) is 0 Å². The number of hydrogen-bond acceptors (Lipinski definition) is 8. The number of aromatic nitrogens is 4. The Balaban J connectivity index is 2.02. The average Bonchev–Trinajstić information content (AvgIpc) is 3.40. The molecule has 0 radical (unpaired) electrons. The van der Waals surface area contributed by atoms with E-state index in [1.807, 2.05) is 17.7 Å². The Kier molecular flexibility index (Phi) is 4.78. The van der Waals surface area contributed by atoms with Gasteiger partial charge in [-0.15, -0.1) is 11.3 Å². The topological polar surface area (TPSA) is 95.1 Å². The lowest BCUT2D eigenvalue weighted by molar-refractivity contribution is 0.324. The van der Waals surface area contributed by atoms with Crippen LogP contribution in [0, 0.1) is 18.3 Å². The minimum absolute atomic E-state index is 0.478. The minimum atomic E-state index is 0.478. The van der Waals surface area contributed by atoms with Crippen molar-refractivity contribution in [3.05, 3.63) is 41.3 Å². The molecule has 0 aliphatic rings. The molecule has 9 heteroatoms. The van der Waals surface area contributed by atoms with Crippen LogP contribution >= 0.6 is 11.3 Å². The lowest BCUT2D eigenvalue weighted by Gasteiger charge is -2.14. The lowest BCUT2D eigenvalue weighted by atomic mass is 10.1. The van der Waals surface area contributed by atoms with Gasteiger partial charge in [-0.2, -0.15) is 5.26 Å². The molecule has 0 saturated heterocycles. The van der Waals surface area contributed by atoms with Crippen molar-refractivity contribution in [1.82, 2.24) is 19.5 Å². The summed E-state index contributed by atoms with van der Waals surface area (Å²) in [6, 6.07) is 5.83. The number of nitriles is 1. The van der Waals surface area contributed by atoms with Gasteiger partial charge in [0.15, 0.2) is 23.1 Å². The van der Waals surface area contributed by atoms with Gasteiger partial charge in [-0.25, -0.2) is 15.0 Å². The van der Waals surface area contributed by atoms with Gasteiger partial charge in [0.2, 0.25) is 5.75 Å². The molecule has 29 heavy (non-hydrogen) atoms. The summed E-state index contributed by atoms with van der Waals surface area (Å²) < 4.78 is 18.1. The molecule has 0 unspecified atom stereocenters. The molecule has 8 nitrogen and oxygen atoms in total. The fourth-order valence-corrected chi connectivity index (χ4v) is 4.11. The molecule has 1 aromatic carbocycles. The fourth-order valence-electron chi connectivity index (χ4n) is 3.13. The molecule has 0 aliphatic carbocycles. The molecule has 146 valence electrons. The molecular formula is C20H17N5O3S. The standard InChI is InChI=1S/C20H17N5O3S/c1-11-15(9-21)29-20-16(11)19(25-6-5-22-10-25)23-18(24-20)12-7-13(26-2)17(28-4)14(8-12)27-3/h5-8,10H,1-4H3. The molecule has 4 rings (SSSR count). The van der Waals surface area contributed by atoms with Crippen molar-refractivity contribution in [3.63, 3.8) is 0 Å². The van der Waals surface area contributed by atoms with Gasteiger partial charge >= 0.3 is 0 Å². The number of nitrogens with zero attached hydrogens (tertiary/aromatic N) is 5. The third-order valence-corrected chi connectivity index (χ3v) is 5.63. The molecule has 0 N–H and O–H groups in total. The first kappa shape index (κ1) is 18.7. The Hall–Kier alpha value is -3.64. The van der Waals surface area contributed by atoms with E-state index in [-0.39, 0.29) is 0 Å². The van der Waals surface area contributed by atoms with E-state index in [4.69, 9.17) is 24.2 Å². The minimum Gasteiger partial charge on any atom is -0.493 e. The normalized spacial score (nSPS) is 10.7. The smallest absolute Gasteiger partial charge is 0.203 e. The summed E-state index contributed by atoms with van der Waals surface area (Å²) in [4.78, 5) is 15.0. The van der Waals surface area contributed by atoms with Crippen LogP contribution in [0.15, 0.2) is 30.9 Å². The third-order valence-electron chi connectivity index (χ3n) is 4.54. The number of rotatable bonds is 5. The summed E-state index contributed by atoms with van der Waals surface area (Å²) in [7, 11) is 4.67. The summed E-state index contributed by atoms with van der Waals surface area (Å²) in [5, 5.41) is 10.3. The second-order valence-electron chi connectivity index (χ2n) is 6.10. The highest BCUT2D eigenvalue weighted by molar-refractivity contribution is 7.19. The zero-order valence-corrected chi connectivity index (χ0v) is 17.1. The average molecular weight is 407 g/mol. The Morgan fingerprint density at radius 3 is 2.34 bits per heavy atom. The second-order valence-corrected chi connectivity index (χ2v) is 7.10. The quantitative estimate of drug-likeness (QED) is 0.497. The monoisotopic (exact) mass is 407 g/mol. The number of hydrogen-bond donors (Lipinski definition) is 0. The van der Waals surface area contributed by atoms with E-state index in [1.54, 1.807) is 46.0 Å². The van der Waals surface area contributed by atoms with Crippen molar-refractivity contribution in [2.45, 2.75) is 6.92 Å². The van der Waals surface area contributed by atoms with Crippen molar-refractivity contribution >= 4 is 21.6 Å². The highest BCUT2D eigenvalue weighted by Gasteiger charge is 2.20. The summed E-state index contributed by atoms with van der Waals surface area (Å²) in [5.74, 6) is 2.65. The van der Waals surface area contributed by atoms with E-state index < -0.39 is 0 Å². The van der Waals surface area contributed by atoms with Gasteiger partial charge in [0.25, 0.3) is 0 Å². The maximum atomic E-state index is 9.47. The van der Waals surface area contributed by atoms with Crippen LogP contribution < -0.4 is 14.2 Å². The van der Waals surface area contributed by atoms with Gasteiger partial charge in [-0.05, 0) is 24.6 Å². The molecule has 0 aliphatic heterocycles. The molecule has 0 saturated carbocycles. The van der Waals surface area contributed by atoms with Crippen molar-refractivity contribution in [1.29, 1.82) is 5.26 Å². The van der Waals surface area contributed by atoms with Crippen LogP contribution in [0.25, 0.3) is 27.4 Å². The van der Waals surface area contributed by atoms with Crippen molar-refractivity contribution in [2.75, 3.05) is 21.3 Å². The van der Waals surface area contributed by atoms with E-state index >= 15 is 0 Å². The van der Waals surface area contributed by atoms with Crippen molar-refractivity contribution in [2.24, 2.45) is 0 Å². The molecule has 0 amide bonds. The highest BCUT2D eigenvalue weighted by atomic mass is 32.1. The van der Waals surface area contributed by atoms with E-state index in [1.165, 1.54) is 11.3 Å². The zero-order chi connectivity index (χ0) is 20.5.